The molecule has 0 amide bonds. The zero-order valence-corrected chi connectivity index (χ0v) is 11.2. The third-order valence-corrected chi connectivity index (χ3v) is 2.99. The first-order chi connectivity index (χ1) is 9.01. The van der Waals surface area contributed by atoms with Crippen LogP contribution in [0.3, 0.4) is 0 Å². The van der Waals surface area contributed by atoms with Gasteiger partial charge in [-0.1, -0.05) is 29.3 Å². The number of ether oxygens (including phenoxy) is 1. The highest BCUT2D eigenvalue weighted by Gasteiger charge is 2.13. The Labute approximate surface area is 112 Å². The number of methoxy groups -OCH3 is 1. The van der Waals surface area contributed by atoms with Crippen molar-refractivity contribution in [1.29, 1.82) is 0 Å². The van der Waals surface area contributed by atoms with Crippen LogP contribution in [0.25, 0.3) is 11.1 Å². The fraction of sp³-hybridized carbons (Fsp3) is 0.188. The summed E-state index contributed by atoms with van der Waals surface area (Å²) in [6.07, 6.45) is 0. The van der Waals surface area contributed by atoms with E-state index in [2.05, 4.69) is 6.07 Å². The first kappa shape index (κ1) is 13.1. The predicted molar refractivity (Wildman–Crippen MR) is 74.9 cm³/mol. The number of carboxylic acids is 1. The lowest BCUT2D eigenvalue weighted by atomic mass is 9.96. The summed E-state index contributed by atoms with van der Waals surface area (Å²) in [5.74, 6) is -0.404. The van der Waals surface area contributed by atoms with Gasteiger partial charge in [0, 0.05) is 0 Å². The Morgan fingerprint density at radius 3 is 2.21 bits per heavy atom. The Balaban J connectivity index is 2.64. The van der Waals surface area contributed by atoms with Gasteiger partial charge in [-0.25, -0.2) is 4.79 Å². The molecule has 0 aliphatic rings. The van der Waals surface area contributed by atoms with Gasteiger partial charge >= 0.3 is 5.97 Å². The van der Waals surface area contributed by atoms with Crippen LogP contribution in [0.1, 0.15) is 21.5 Å². The molecule has 0 bridgehead atoms. The summed E-state index contributed by atoms with van der Waals surface area (Å²) in [7, 11) is 1.53. The van der Waals surface area contributed by atoms with Crippen LogP contribution in [0.15, 0.2) is 36.4 Å². The van der Waals surface area contributed by atoms with Crippen LogP contribution in [0.5, 0.6) is 5.75 Å². The summed E-state index contributed by atoms with van der Waals surface area (Å²) in [6.45, 7) is 4.00. The molecule has 0 saturated heterocycles. The maximum absolute atomic E-state index is 11.4. The number of aromatic carboxylic acids is 1. The second-order valence-electron chi connectivity index (χ2n) is 4.59. The van der Waals surface area contributed by atoms with Gasteiger partial charge in [0.1, 0.15) is 5.75 Å². The fourth-order valence-electron chi connectivity index (χ4n) is 2.21. The van der Waals surface area contributed by atoms with E-state index >= 15 is 0 Å². The zero-order chi connectivity index (χ0) is 14.0. The average molecular weight is 256 g/mol. The Kier molecular flexibility index (Phi) is 3.56. The van der Waals surface area contributed by atoms with Crippen molar-refractivity contribution in [2.45, 2.75) is 13.8 Å². The van der Waals surface area contributed by atoms with Crippen LogP contribution >= 0.6 is 0 Å². The number of hydrogen-bond acceptors (Lipinski definition) is 2. The minimum atomic E-state index is -0.951. The predicted octanol–water partition coefficient (Wildman–Crippen LogP) is 3.68. The van der Waals surface area contributed by atoms with Crippen molar-refractivity contribution >= 4 is 5.97 Å². The molecule has 3 nitrogen and oxygen atoms in total. The highest BCUT2D eigenvalue weighted by molar-refractivity contribution is 5.96. The lowest BCUT2D eigenvalue weighted by molar-refractivity contribution is 0.0697. The lowest BCUT2D eigenvalue weighted by Gasteiger charge is -2.10. The van der Waals surface area contributed by atoms with E-state index in [9.17, 15) is 9.90 Å². The molecular weight excluding hydrogens is 240 g/mol. The third kappa shape index (κ3) is 2.76. The molecule has 0 spiro atoms. The van der Waals surface area contributed by atoms with Crippen molar-refractivity contribution < 1.29 is 14.6 Å². The smallest absolute Gasteiger partial charge is 0.336 e. The summed E-state index contributed by atoms with van der Waals surface area (Å²) in [6, 6.07) is 11.2. The standard InChI is InChI=1S/C16H16O3/c1-10-6-11(2)8-12(7-10)14-5-4-13(19-3)9-15(14)16(17)18/h4-9H,1-3H3,(H,17,18). The first-order valence-corrected chi connectivity index (χ1v) is 6.01. The van der Waals surface area contributed by atoms with Crippen LogP contribution in [0, 0.1) is 13.8 Å². The van der Waals surface area contributed by atoms with E-state index in [0.29, 0.717) is 11.3 Å². The summed E-state index contributed by atoms with van der Waals surface area (Å²) in [5.41, 5.74) is 4.10. The minimum absolute atomic E-state index is 0.254. The normalized spacial score (nSPS) is 10.3. The molecule has 0 aliphatic carbocycles. The highest BCUT2D eigenvalue weighted by atomic mass is 16.5. The number of carbonyl (C=O) groups is 1. The van der Waals surface area contributed by atoms with E-state index in [4.69, 9.17) is 4.74 Å². The van der Waals surface area contributed by atoms with Gasteiger partial charge < -0.3 is 9.84 Å². The number of rotatable bonds is 3. The molecule has 98 valence electrons. The monoisotopic (exact) mass is 256 g/mol. The van der Waals surface area contributed by atoms with Gasteiger partial charge in [0.25, 0.3) is 0 Å². The van der Waals surface area contributed by atoms with Gasteiger partial charge in [-0.3, -0.25) is 0 Å². The SMILES string of the molecule is COc1ccc(-c2cc(C)cc(C)c2)c(C(=O)O)c1. The van der Waals surface area contributed by atoms with E-state index in [-0.39, 0.29) is 5.56 Å². The minimum Gasteiger partial charge on any atom is -0.497 e. The topological polar surface area (TPSA) is 46.5 Å². The number of carboxylic acid groups (broad SMARTS) is 1. The molecule has 0 heterocycles. The number of benzene rings is 2. The Bertz CT molecular complexity index is 610. The number of hydrogen-bond donors (Lipinski definition) is 1. The third-order valence-electron chi connectivity index (χ3n) is 2.99. The Morgan fingerprint density at radius 2 is 1.68 bits per heavy atom. The molecule has 0 aromatic heterocycles. The molecule has 0 saturated carbocycles. The Hall–Kier alpha value is -2.29. The van der Waals surface area contributed by atoms with Gasteiger partial charge in [-0.15, -0.1) is 0 Å². The first-order valence-electron chi connectivity index (χ1n) is 6.01. The van der Waals surface area contributed by atoms with Gasteiger partial charge in [0.15, 0.2) is 0 Å². The fourth-order valence-corrected chi connectivity index (χ4v) is 2.21. The van der Waals surface area contributed by atoms with Crippen molar-refractivity contribution in [2.75, 3.05) is 7.11 Å². The largest absolute Gasteiger partial charge is 0.497 e. The quantitative estimate of drug-likeness (QED) is 0.911. The van der Waals surface area contributed by atoms with Crippen LogP contribution in [0.4, 0.5) is 0 Å². The second-order valence-corrected chi connectivity index (χ2v) is 4.59. The van der Waals surface area contributed by atoms with Gasteiger partial charge in [0.05, 0.1) is 12.7 Å². The summed E-state index contributed by atoms with van der Waals surface area (Å²) < 4.78 is 5.08. The molecule has 0 radical (unpaired) electrons. The van der Waals surface area contributed by atoms with E-state index < -0.39 is 5.97 Å². The molecule has 0 fully saturated rings. The lowest BCUT2D eigenvalue weighted by Crippen LogP contribution is -2.00. The molecule has 0 atom stereocenters. The summed E-state index contributed by atoms with van der Waals surface area (Å²) >= 11 is 0. The summed E-state index contributed by atoms with van der Waals surface area (Å²) in [4.78, 5) is 11.4. The van der Waals surface area contributed by atoms with E-state index in [1.807, 2.05) is 26.0 Å². The molecule has 1 N–H and O–H groups in total. The maximum atomic E-state index is 11.4. The Morgan fingerprint density at radius 1 is 1.05 bits per heavy atom. The second kappa shape index (κ2) is 5.14. The molecule has 2 aromatic carbocycles. The zero-order valence-electron chi connectivity index (χ0n) is 11.2. The molecule has 3 heteroatoms. The molecule has 2 rings (SSSR count). The van der Waals surface area contributed by atoms with Gasteiger partial charge in [-0.2, -0.15) is 0 Å². The van der Waals surface area contributed by atoms with Crippen molar-refractivity contribution in [1.82, 2.24) is 0 Å². The highest BCUT2D eigenvalue weighted by Crippen LogP contribution is 2.29. The van der Waals surface area contributed by atoms with E-state index in [1.54, 1.807) is 18.2 Å². The van der Waals surface area contributed by atoms with Crippen LogP contribution < -0.4 is 4.74 Å². The van der Waals surface area contributed by atoms with Gasteiger partial charge in [-0.05, 0) is 43.2 Å². The molecule has 2 aromatic rings. The molecular formula is C16H16O3. The van der Waals surface area contributed by atoms with Crippen LogP contribution in [0.2, 0.25) is 0 Å². The van der Waals surface area contributed by atoms with Crippen molar-refractivity contribution in [3.05, 3.63) is 53.1 Å². The van der Waals surface area contributed by atoms with Crippen LogP contribution in [-0.4, -0.2) is 18.2 Å². The maximum Gasteiger partial charge on any atom is 0.336 e. The van der Waals surface area contributed by atoms with E-state index in [0.717, 1.165) is 16.7 Å². The molecule has 19 heavy (non-hydrogen) atoms. The number of aryl methyl sites for hydroxylation is 2. The molecule has 0 aliphatic heterocycles. The van der Waals surface area contributed by atoms with Gasteiger partial charge in [0.2, 0.25) is 0 Å². The van der Waals surface area contributed by atoms with E-state index in [1.165, 1.54) is 7.11 Å². The van der Waals surface area contributed by atoms with Crippen molar-refractivity contribution in [3.8, 4) is 16.9 Å². The van der Waals surface area contributed by atoms with Crippen molar-refractivity contribution in [3.63, 3.8) is 0 Å². The van der Waals surface area contributed by atoms with Crippen molar-refractivity contribution in [2.24, 2.45) is 0 Å². The average Bonchev–Trinajstić information content (AvgIpc) is 2.36. The molecule has 0 unspecified atom stereocenters. The van der Waals surface area contributed by atoms with Crippen LogP contribution in [-0.2, 0) is 0 Å². The summed E-state index contributed by atoms with van der Waals surface area (Å²) in [5, 5.41) is 9.33.